The van der Waals surface area contributed by atoms with Crippen LogP contribution in [0.15, 0.2) is 53.3 Å². The molecular formula is C23H25BrN4O. The van der Waals surface area contributed by atoms with E-state index in [4.69, 9.17) is 0 Å². The molecular weight excluding hydrogens is 428 g/mol. The van der Waals surface area contributed by atoms with Gasteiger partial charge in [0.1, 0.15) is 0 Å². The van der Waals surface area contributed by atoms with Crippen LogP contribution in [0.3, 0.4) is 0 Å². The first-order valence-electron chi connectivity index (χ1n) is 10.1. The van der Waals surface area contributed by atoms with E-state index in [0.29, 0.717) is 18.0 Å². The van der Waals surface area contributed by atoms with Crippen LogP contribution in [-0.2, 0) is 13.1 Å². The van der Waals surface area contributed by atoms with E-state index < -0.39 is 5.60 Å². The Morgan fingerprint density at radius 1 is 1.31 bits per heavy atom. The molecule has 1 fully saturated rings. The maximum atomic E-state index is 11.2. The largest absolute Gasteiger partial charge is 0.389 e. The number of imidazole rings is 1. The van der Waals surface area contributed by atoms with Gasteiger partial charge in [-0.15, -0.1) is 0 Å². The molecule has 0 amide bonds. The minimum atomic E-state index is -0.677. The maximum absolute atomic E-state index is 11.2. The highest BCUT2D eigenvalue weighted by Crippen LogP contribution is 2.34. The van der Waals surface area contributed by atoms with Gasteiger partial charge in [0.25, 0.3) is 0 Å². The molecule has 5 nitrogen and oxygen atoms in total. The molecule has 0 radical (unpaired) electrons. The predicted molar refractivity (Wildman–Crippen MR) is 117 cm³/mol. The van der Waals surface area contributed by atoms with Crippen molar-refractivity contribution < 1.29 is 5.11 Å². The highest BCUT2D eigenvalue weighted by atomic mass is 79.9. The summed E-state index contributed by atoms with van der Waals surface area (Å²) in [5.41, 5.74) is 3.07. The number of hydrogen-bond donors (Lipinski definition) is 2. The molecule has 3 aromatic rings. The number of nitriles is 1. The molecule has 1 aliphatic rings. The van der Waals surface area contributed by atoms with Gasteiger partial charge in [-0.3, -0.25) is 0 Å². The van der Waals surface area contributed by atoms with Crippen molar-refractivity contribution in [3.05, 3.63) is 64.4 Å². The van der Waals surface area contributed by atoms with Gasteiger partial charge in [-0.2, -0.15) is 5.26 Å². The third-order valence-electron chi connectivity index (χ3n) is 5.80. The van der Waals surface area contributed by atoms with Crippen LogP contribution in [0.5, 0.6) is 0 Å². The quantitative estimate of drug-likeness (QED) is 0.581. The normalized spacial score (nSPS) is 21.9. The lowest BCUT2D eigenvalue weighted by atomic mass is 9.78. The molecule has 0 aliphatic heterocycles. The first-order chi connectivity index (χ1) is 14.0. The first kappa shape index (κ1) is 20.1. The van der Waals surface area contributed by atoms with E-state index in [1.807, 2.05) is 30.6 Å². The molecule has 0 spiro atoms. The molecule has 0 saturated heterocycles. The van der Waals surface area contributed by atoms with Gasteiger partial charge in [0, 0.05) is 24.1 Å². The zero-order valence-corrected chi connectivity index (χ0v) is 17.9. The smallest absolute Gasteiger partial charge is 0.0992 e. The fourth-order valence-electron chi connectivity index (χ4n) is 4.41. The maximum Gasteiger partial charge on any atom is 0.0992 e. The summed E-state index contributed by atoms with van der Waals surface area (Å²) in [5, 5.41) is 23.8. The predicted octanol–water partition coefficient (Wildman–Crippen LogP) is 4.38. The Bertz CT molecular complexity index is 1040. The average molecular weight is 453 g/mol. The number of aromatic nitrogens is 2. The number of benzene rings is 2. The Morgan fingerprint density at radius 3 is 3.03 bits per heavy atom. The van der Waals surface area contributed by atoms with Gasteiger partial charge < -0.3 is 15.0 Å². The van der Waals surface area contributed by atoms with Gasteiger partial charge in [-0.05, 0) is 61.1 Å². The summed E-state index contributed by atoms with van der Waals surface area (Å²) >= 11 is 3.50. The van der Waals surface area contributed by atoms with Crippen LogP contribution in [0.4, 0.5) is 0 Å². The third-order valence-corrected chi connectivity index (χ3v) is 6.29. The van der Waals surface area contributed by atoms with E-state index in [-0.39, 0.29) is 0 Å². The number of nitrogens with zero attached hydrogens (tertiary/aromatic N) is 3. The molecule has 150 valence electrons. The number of rotatable bonds is 6. The van der Waals surface area contributed by atoms with E-state index in [2.05, 4.69) is 49.0 Å². The van der Waals surface area contributed by atoms with Crippen molar-refractivity contribution in [2.75, 3.05) is 6.54 Å². The van der Waals surface area contributed by atoms with E-state index >= 15 is 0 Å². The molecule has 1 saturated carbocycles. The molecule has 6 heteroatoms. The third kappa shape index (κ3) is 4.87. The van der Waals surface area contributed by atoms with Crippen molar-refractivity contribution in [2.45, 2.75) is 44.4 Å². The SMILES string of the molecule is N#Cc1ccc2ncn(C[C@H]3CCC[C@@](O)(CNCc4cccc(Br)c4)C3)c2c1. The monoisotopic (exact) mass is 452 g/mol. The molecule has 0 unspecified atom stereocenters. The van der Waals surface area contributed by atoms with Crippen molar-refractivity contribution in [3.8, 4) is 6.07 Å². The van der Waals surface area contributed by atoms with Crippen molar-refractivity contribution in [3.63, 3.8) is 0 Å². The number of aliphatic hydroxyl groups is 1. The second kappa shape index (κ2) is 8.66. The molecule has 4 rings (SSSR count). The van der Waals surface area contributed by atoms with E-state index in [1.54, 1.807) is 6.07 Å². The topological polar surface area (TPSA) is 73.9 Å². The second-order valence-corrected chi connectivity index (χ2v) is 9.05. The van der Waals surface area contributed by atoms with Crippen LogP contribution in [0.2, 0.25) is 0 Å². The molecule has 1 aliphatic carbocycles. The van der Waals surface area contributed by atoms with Crippen molar-refractivity contribution in [2.24, 2.45) is 5.92 Å². The van der Waals surface area contributed by atoms with Crippen molar-refractivity contribution in [1.82, 2.24) is 14.9 Å². The summed E-state index contributed by atoms with van der Waals surface area (Å²) < 4.78 is 3.20. The van der Waals surface area contributed by atoms with Gasteiger partial charge in [0.15, 0.2) is 0 Å². The van der Waals surface area contributed by atoms with Crippen LogP contribution in [0, 0.1) is 17.2 Å². The fraction of sp³-hybridized carbons (Fsp3) is 0.391. The molecule has 2 aromatic carbocycles. The molecule has 29 heavy (non-hydrogen) atoms. The number of fused-ring (bicyclic) bond motifs is 1. The van der Waals surface area contributed by atoms with Crippen LogP contribution in [-0.4, -0.2) is 26.8 Å². The summed E-state index contributed by atoms with van der Waals surface area (Å²) in [5.74, 6) is 0.393. The summed E-state index contributed by atoms with van der Waals surface area (Å²) in [6.45, 7) is 2.16. The number of nitrogens with one attached hydrogen (secondary N) is 1. The molecule has 2 N–H and O–H groups in total. The fourth-order valence-corrected chi connectivity index (χ4v) is 4.86. The van der Waals surface area contributed by atoms with E-state index in [0.717, 1.165) is 54.3 Å². The minimum Gasteiger partial charge on any atom is -0.389 e. The molecule has 1 heterocycles. The van der Waals surface area contributed by atoms with Crippen molar-refractivity contribution in [1.29, 1.82) is 5.26 Å². The number of halogens is 1. The van der Waals surface area contributed by atoms with Crippen molar-refractivity contribution >= 4 is 27.0 Å². The Kier molecular flexibility index (Phi) is 6.00. The highest BCUT2D eigenvalue weighted by Gasteiger charge is 2.34. The van der Waals surface area contributed by atoms with Gasteiger partial charge in [0.05, 0.1) is 34.6 Å². The average Bonchev–Trinajstić information content (AvgIpc) is 3.10. The van der Waals surface area contributed by atoms with E-state index in [9.17, 15) is 10.4 Å². The standard InChI is InChI=1S/C23H25BrN4O/c24-20-5-1-3-18(9-20)13-26-15-23(29)8-2-4-19(11-23)14-28-16-27-21-7-6-17(12-25)10-22(21)28/h1,3,5-7,9-10,16,19,26,29H,2,4,8,11,13-15H2/t19-,23-/m0/s1. The summed E-state index contributed by atoms with van der Waals surface area (Å²) in [6.07, 6.45) is 5.58. The Morgan fingerprint density at radius 2 is 2.21 bits per heavy atom. The molecule has 2 atom stereocenters. The van der Waals surface area contributed by atoms with Gasteiger partial charge in [-0.25, -0.2) is 4.98 Å². The Hall–Kier alpha value is -2.20. The second-order valence-electron chi connectivity index (χ2n) is 8.13. The van der Waals surface area contributed by atoms with Gasteiger partial charge in [0.2, 0.25) is 0 Å². The molecule has 1 aromatic heterocycles. The first-order valence-corrected chi connectivity index (χ1v) is 10.9. The van der Waals surface area contributed by atoms with Crippen LogP contribution < -0.4 is 5.32 Å². The van der Waals surface area contributed by atoms with Crippen LogP contribution in [0.25, 0.3) is 11.0 Å². The highest BCUT2D eigenvalue weighted by molar-refractivity contribution is 9.10. The Balaban J connectivity index is 1.38. The summed E-state index contributed by atoms with van der Waals surface area (Å²) in [6, 6.07) is 16.0. The lowest BCUT2D eigenvalue weighted by Gasteiger charge is -2.37. The number of hydrogen-bond acceptors (Lipinski definition) is 4. The minimum absolute atomic E-state index is 0.393. The lowest BCUT2D eigenvalue weighted by Crippen LogP contribution is -2.44. The zero-order valence-electron chi connectivity index (χ0n) is 16.3. The molecule has 0 bridgehead atoms. The van der Waals surface area contributed by atoms with Gasteiger partial charge >= 0.3 is 0 Å². The van der Waals surface area contributed by atoms with Crippen LogP contribution in [0.1, 0.15) is 36.8 Å². The summed E-state index contributed by atoms with van der Waals surface area (Å²) in [4.78, 5) is 4.46. The Labute approximate surface area is 179 Å². The van der Waals surface area contributed by atoms with E-state index in [1.165, 1.54) is 5.56 Å². The summed E-state index contributed by atoms with van der Waals surface area (Å²) in [7, 11) is 0. The van der Waals surface area contributed by atoms with Crippen LogP contribution >= 0.6 is 15.9 Å². The lowest BCUT2D eigenvalue weighted by molar-refractivity contribution is -0.0177. The zero-order chi connectivity index (χ0) is 20.3. The van der Waals surface area contributed by atoms with Gasteiger partial charge in [-0.1, -0.05) is 34.5 Å².